The first-order valence-electron chi connectivity index (χ1n) is 13.1. The summed E-state index contributed by atoms with van der Waals surface area (Å²) in [5, 5.41) is 2.90. The molecule has 2 atom stereocenters. The Hall–Kier alpha value is -4.34. The van der Waals surface area contributed by atoms with Crippen LogP contribution in [0, 0.1) is 0 Å². The molecule has 1 N–H and O–H groups in total. The molecule has 0 spiro atoms. The Morgan fingerprint density at radius 2 is 1.85 bits per heavy atom. The average molecular weight is 552 g/mol. The summed E-state index contributed by atoms with van der Waals surface area (Å²) < 4.78 is 15.8. The number of nitrogens with one attached hydrogen (secondary N) is 1. The zero-order chi connectivity index (χ0) is 29.3. The summed E-state index contributed by atoms with van der Waals surface area (Å²) in [6.07, 6.45) is 1.63. The minimum absolute atomic E-state index is 0.0957. The minimum atomic E-state index is -1.08. The molecule has 0 aliphatic carbocycles. The molecule has 0 radical (unpaired) electrons. The fourth-order valence-corrected chi connectivity index (χ4v) is 4.28. The predicted molar refractivity (Wildman–Crippen MR) is 149 cm³/mol. The van der Waals surface area contributed by atoms with E-state index in [1.165, 1.54) is 16.9 Å². The van der Waals surface area contributed by atoms with Crippen molar-refractivity contribution in [1.29, 1.82) is 0 Å². The van der Waals surface area contributed by atoms with Crippen molar-refractivity contribution >= 4 is 29.8 Å². The minimum Gasteiger partial charge on any atom is -0.467 e. The number of esters is 1. The third-order valence-electron chi connectivity index (χ3n) is 6.14. The number of rotatable bonds is 9. The number of hydrogen-bond acceptors (Lipinski definition) is 7. The van der Waals surface area contributed by atoms with Crippen molar-refractivity contribution in [3.05, 3.63) is 78.4 Å². The summed E-state index contributed by atoms with van der Waals surface area (Å²) in [5.41, 5.74) is 1.24. The molecule has 1 fully saturated rings. The summed E-state index contributed by atoms with van der Waals surface area (Å²) in [6.45, 7) is 8.70. The molecule has 2 aromatic carbocycles. The maximum absolute atomic E-state index is 13.3. The number of carbonyl (C=O) groups excluding carboxylic acids is 4. The number of amides is 3. The smallest absolute Gasteiger partial charge is 0.410 e. The molecule has 1 heterocycles. The first-order chi connectivity index (χ1) is 19.0. The van der Waals surface area contributed by atoms with Crippen LogP contribution in [0.1, 0.15) is 50.8 Å². The van der Waals surface area contributed by atoms with E-state index in [0.717, 1.165) is 5.56 Å². The van der Waals surface area contributed by atoms with Crippen LogP contribution >= 0.6 is 0 Å². The fourth-order valence-electron chi connectivity index (χ4n) is 4.28. The van der Waals surface area contributed by atoms with Crippen molar-refractivity contribution in [2.24, 2.45) is 0 Å². The molecule has 214 valence electrons. The Morgan fingerprint density at radius 1 is 1.12 bits per heavy atom. The molecule has 1 aliphatic heterocycles. The number of hydrogen-bond donors (Lipinski definition) is 1. The number of anilines is 1. The van der Waals surface area contributed by atoms with E-state index in [-0.39, 0.29) is 19.7 Å². The van der Waals surface area contributed by atoms with Gasteiger partial charge in [-0.2, -0.15) is 0 Å². The number of allylic oxidation sites excluding steroid dienone is 1. The van der Waals surface area contributed by atoms with Gasteiger partial charge in [-0.1, -0.05) is 48.5 Å². The Kier molecular flexibility index (Phi) is 10.3. The normalized spacial score (nSPS) is 16.1. The average Bonchev–Trinajstić information content (AvgIpc) is 2.93. The van der Waals surface area contributed by atoms with Crippen LogP contribution in [0.3, 0.4) is 0 Å². The number of benzene rings is 2. The summed E-state index contributed by atoms with van der Waals surface area (Å²) in [6, 6.07) is 14.8. The third kappa shape index (κ3) is 8.33. The van der Waals surface area contributed by atoms with Crippen LogP contribution in [0.15, 0.2) is 67.3 Å². The summed E-state index contributed by atoms with van der Waals surface area (Å²) in [7, 11) is 1.23. The first-order valence-corrected chi connectivity index (χ1v) is 13.1. The molecule has 0 aromatic heterocycles. The van der Waals surface area contributed by atoms with E-state index in [0.29, 0.717) is 24.1 Å². The van der Waals surface area contributed by atoms with E-state index < -0.39 is 41.7 Å². The quantitative estimate of drug-likeness (QED) is 0.272. The highest BCUT2D eigenvalue weighted by atomic mass is 16.6. The van der Waals surface area contributed by atoms with Crippen molar-refractivity contribution < 1.29 is 33.4 Å². The largest absolute Gasteiger partial charge is 0.467 e. The number of piperazine rings is 1. The molecule has 1 aliphatic rings. The summed E-state index contributed by atoms with van der Waals surface area (Å²) in [5.74, 6) is -1.14. The van der Waals surface area contributed by atoms with Gasteiger partial charge in [0.05, 0.1) is 19.7 Å². The molecule has 0 unspecified atom stereocenters. The predicted octanol–water partition coefficient (Wildman–Crippen LogP) is 4.75. The summed E-state index contributed by atoms with van der Waals surface area (Å²) >= 11 is 0. The van der Waals surface area contributed by atoms with E-state index in [4.69, 9.17) is 14.2 Å². The van der Waals surface area contributed by atoms with Gasteiger partial charge in [-0.05, 0) is 56.9 Å². The molecular formula is C30H37N3O7. The zero-order valence-corrected chi connectivity index (χ0v) is 23.4. The van der Waals surface area contributed by atoms with Gasteiger partial charge >= 0.3 is 18.2 Å². The molecule has 1 saturated heterocycles. The number of ether oxygens (including phenoxy) is 3. The second-order valence-electron chi connectivity index (χ2n) is 10.4. The van der Waals surface area contributed by atoms with Gasteiger partial charge in [0.1, 0.15) is 18.8 Å². The maximum Gasteiger partial charge on any atom is 0.410 e. The van der Waals surface area contributed by atoms with Crippen LogP contribution in [0.25, 0.3) is 0 Å². The molecular weight excluding hydrogens is 514 g/mol. The number of carbonyl (C=O) groups is 4. The Balaban J connectivity index is 1.82. The SMILES string of the molecule is C=CCC[C@H](NC(=O)OCc1ccccc1)c1cccc(N2C(=O)CN(C(=O)OC(C)(C)C)C[C@@H]2C(=O)OC)c1. The maximum atomic E-state index is 13.3. The Bertz CT molecular complexity index is 1210. The number of nitrogens with zero attached hydrogens (tertiary/aromatic N) is 2. The standard InChI is InChI=1S/C30H37N3O7/c1-6-7-16-24(31-28(36)39-20-21-12-9-8-10-13-21)22-14-11-15-23(17-22)33-25(27(35)38-5)18-32(19-26(33)34)29(37)40-30(2,3)4/h6,8-15,17,24-25H,1,7,16,18-20H2,2-5H3,(H,31,36)/t24-,25+/m0/s1. The van der Waals surface area contributed by atoms with Crippen LogP contribution in [0.4, 0.5) is 15.3 Å². The van der Waals surface area contributed by atoms with Gasteiger partial charge in [0.2, 0.25) is 5.91 Å². The number of methoxy groups -OCH3 is 1. The number of alkyl carbamates (subject to hydrolysis) is 1. The molecule has 3 amide bonds. The molecule has 0 saturated carbocycles. The lowest BCUT2D eigenvalue weighted by atomic mass is 10.00. The van der Waals surface area contributed by atoms with Crippen molar-refractivity contribution in [3.63, 3.8) is 0 Å². The van der Waals surface area contributed by atoms with Crippen molar-refractivity contribution in [3.8, 4) is 0 Å². The van der Waals surface area contributed by atoms with Gasteiger partial charge < -0.3 is 19.5 Å². The van der Waals surface area contributed by atoms with Crippen molar-refractivity contribution in [2.75, 3.05) is 25.1 Å². The zero-order valence-electron chi connectivity index (χ0n) is 23.4. The van der Waals surface area contributed by atoms with E-state index in [2.05, 4.69) is 11.9 Å². The lowest BCUT2D eigenvalue weighted by Crippen LogP contribution is -2.61. The monoisotopic (exact) mass is 551 g/mol. The van der Waals surface area contributed by atoms with Gasteiger partial charge in [0.25, 0.3) is 0 Å². The van der Waals surface area contributed by atoms with Gasteiger partial charge in [-0.25, -0.2) is 14.4 Å². The van der Waals surface area contributed by atoms with Gasteiger partial charge in [0, 0.05) is 5.69 Å². The molecule has 10 heteroatoms. The van der Waals surface area contributed by atoms with Gasteiger partial charge in [0.15, 0.2) is 6.04 Å². The van der Waals surface area contributed by atoms with Crippen molar-refractivity contribution in [1.82, 2.24) is 10.2 Å². The topological polar surface area (TPSA) is 114 Å². The van der Waals surface area contributed by atoms with Crippen LogP contribution in [-0.4, -0.2) is 60.8 Å². The van der Waals surface area contributed by atoms with E-state index in [9.17, 15) is 19.2 Å². The Morgan fingerprint density at radius 3 is 2.50 bits per heavy atom. The molecule has 40 heavy (non-hydrogen) atoms. The van der Waals surface area contributed by atoms with Crippen LogP contribution < -0.4 is 10.2 Å². The van der Waals surface area contributed by atoms with Crippen LogP contribution in [0.2, 0.25) is 0 Å². The van der Waals surface area contributed by atoms with E-state index in [1.807, 2.05) is 36.4 Å². The van der Waals surface area contributed by atoms with Gasteiger partial charge in [-0.3, -0.25) is 14.6 Å². The van der Waals surface area contributed by atoms with Crippen LogP contribution in [-0.2, 0) is 30.4 Å². The third-order valence-corrected chi connectivity index (χ3v) is 6.14. The highest BCUT2D eigenvalue weighted by molar-refractivity contribution is 6.03. The molecule has 3 rings (SSSR count). The van der Waals surface area contributed by atoms with Crippen molar-refractivity contribution in [2.45, 2.75) is 57.9 Å². The van der Waals surface area contributed by atoms with Gasteiger partial charge in [-0.15, -0.1) is 6.58 Å². The summed E-state index contributed by atoms with van der Waals surface area (Å²) in [4.78, 5) is 53.9. The molecule has 0 bridgehead atoms. The second kappa shape index (κ2) is 13.6. The molecule has 10 nitrogen and oxygen atoms in total. The fraction of sp³-hybridized carbons (Fsp3) is 0.400. The lowest BCUT2D eigenvalue weighted by Gasteiger charge is -2.40. The Labute approximate surface area is 234 Å². The first kappa shape index (κ1) is 30.2. The molecule has 2 aromatic rings. The highest BCUT2D eigenvalue weighted by Gasteiger charge is 2.41. The van der Waals surface area contributed by atoms with E-state index >= 15 is 0 Å². The van der Waals surface area contributed by atoms with Crippen LogP contribution in [0.5, 0.6) is 0 Å². The highest BCUT2D eigenvalue weighted by Crippen LogP contribution is 2.28. The lowest BCUT2D eigenvalue weighted by molar-refractivity contribution is -0.145. The van der Waals surface area contributed by atoms with E-state index in [1.54, 1.807) is 45.0 Å². The second-order valence-corrected chi connectivity index (χ2v) is 10.4.